The van der Waals surface area contributed by atoms with E-state index in [0.717, 1.165) is 0 Å². The van der Waals surface area contributed by atoms with Crippen LogP contribution in [0.2, 0.25) is 0 Å². The molecule has 0 aromatic carbocycles. The molecule has 0 saturated heterocycles. The zero-order valence-corrected chi connectivity index (χ0v) is 8.83. The number of nitrogens with one attached hydrogen (secondary N) is 1. The molecular formula is C9H13NO2S. The molecule has 0 aliphatic heterocycles. The molecule has 3 nitrogen and oxygen atoms in total. The number of carbonyl (C=O) groups excluding carboxylic acids is 1. The molecular weight excluding hydrogens is 186 g/mol. The molecule has 1 rings (SSSR count). The standard InChI is InChI=1S/C9H13NO2S/c1-6-5-13-7(2)9(6)4-12-10-8(3)11/h5H,4H2,1-3H3,(H,10,11). The summed E-state index contributed by atoms with van der Waals surface area (Å²) in [5, 5.41) is 2.09. The second-order valence-corrected chi connectivity index (χ2v) is 3.98. The molecule has 0 fully saturated rings. The van der Waals surface area contributed by atoms with E-state index < -0.39 is 0 Å². The fraction of sp³-hybridized carbons (Fsp3) is 0.444. The van der Waals surface area contributed by atoms with Crippen molar-refractivity contribution in [2.24, 2.45) is 0 Å². The fourth-order valence-corrected chi connectivity index (χ4v) is 1.88. The predicted octanol–water partition coefficient (Wildman–Crippen LogP) is 1.93. The van der Waals surface area contributed by atoms with Crippen LogP contribution in [-0.4, -0.2) is 5.91 Å². The zero-order valence-electron chi connectivity index (χ0n) is 8.01. The van der Waals surface area contributed by atoms with Crippen LogP contribution in [0.25, 0.3) is 0 Å². The van der Waals surface area contributed by atoms with Gasteiger partial charge in [0.25, 0.3) is 0 Å². The average Bonchev–Trinajstić information content (AvgIpc) is 2.34. The van der Waals surface area contributed by atoms with Crippen LogP contribution in [0.3, 0.4) is 0 Å². The van der Waals surface area contributed by atoms with Crippen LogP contribution in [0.4, 0.5) is 0 Å². The summed E-state index contributed by atoms with van der Waals surface area (Å²) in [5.74, 6) is -0.175. The first-order chi connectivity index (χ1) is 6.11. The van der Waals surface area contributed by atoms with E-state index in [4.69, 9.17) is 4.84 Å². The molecule has 0 radical (unpaired) electrons. The second kappa shape index (κ2) is 4.39. The number of hydroxylamine groups is 1. The summed E-state index contributed by atoms with van der Waals surface area (Å²) in [7, 11) is 0. The van der Waals surface area contributed by atoms with E-state index in [2.05, 4.69) is 10.9 Å². The van der Waals surface area contributed by atoms with Gasteiger partial charge in [-0.3, -0.25) is 9.63 Å². The highest BCUT2D eigenvalue weighted by Gasteiger charge is 2.04. The van der Waals surface area contributed by atoms with Gasteiger partial charge in [0.15, 0.2) is 0 Å². The highest BCUT2D eigenvalue weighted by molar-refractivity contribution is 7.10. The monoisotopic (exact) mass is 199 g/mol. The Kier molecular flexibility index (Phi) is 3.45. The van der Waals surface area contributed by atoms with Gasteiger partial charge < -0.3 is 0 Å². The maximum Gasteiger partial charge on any atom is 0.240 e. The van der Waals surface area contributed by atoms with Gasteiger partial charge in [0.1, 0.15) is 6.61 Å². The van der Waals surface area contributed by atoms with Crippen molar-refractivity contribution in [2.45, 2.75) is 27.4 Å². The van der Waals surface area contributed by atoms with Crippen LogP contribution in [0.1, 0.15) is 22.9 Å². The Morgan fingerprint density at radius 2 is 2.31 bits per heavy atom. The average molecular weight is 199 g/mol. The molecule has 1 aromatic rings. The number of thiophene rings is 1. The molecule has 4 heteroatoms. The van der Waals surface area contributed by atoms with E-state index >= 15 is 0 Å². The van der Waals surface area contributed by atoms with E-state index in [1.165, 1.54) is 22.9 Å². The Morgan fingerprint density at radius 3 is 2.77 bits per heavy atom. The second-order valence-electron chi connectivity index (χ2n) is 2.90. The maximum absolute atomic E-state index is 10.5. The van der Waals surface area contributed by atoms with E-state index in [-0.39, 0.29) is 5.91 Å². The molecule has 0 spiro atoms. The molecule has 0 saturated carbocycles. The van der Waals surface area contributed by atoms with Crippen LogP contribution in [0.15, 0.2) is 5.38 Å². The van der Waals surface area contributed by atoms with Gasteiger partial charge in [-0.2, -0.15) is 0 Å². The van der Waals surface area contributed by atoms with E-state index in [1.807, 2.05) is 13.8 Å². The Morgan fingerprint density at radius 1 is 1.62 bits per heavy atom. The third-order valence-corrected chi connectivity index (χ3v) is 2.82. The Hall–Kier alpha value is -0.870. The van der Waals surface area contributed by atoms with Crippen molar-refractivity contribution >= 4 is 17.2 Å². The number of amides is 1. The fourth-order valence-electron chi connectivity index (χ4n) is 1.02. The lowest BCUT2D eigenvalue weighted by atomic mass is 10.2. The lowest BCUT2D eigenvalue weighted by molar-refractivity contribution is -0.132. The first-order valence-electron chi connectivity index (χ1n) is 4.03. The minimum Gasteiger partial charge on any atom is -0.273 e. The minimum atomic E-state index is -0.175. The number of carbonyl (C=O) groups is 1. The number of hydrogen-bond donors (Lipinski definition) is 1. The summed E-state index contributed by atoms with van der Waals surface area (Å²) in [6.07, 6.45) is 0. The number of aryl methyl sites for hydroxylation is 2. The minimum absolute atomic E-state index is 0.175. The molecule has 1 heterocycles. The molecule has 0 atom stereocenters. The van der Waals surface area contributed by atoms with Gasteiger partial charge in [-0.15, -0.1) is 11.3 Å². The van der Waals surface area contributed by atoms with Crippen molar-refractivity contribution < 1.29 is 9.63 Å². The molecule has 13 heavy (non-hydrogen) atoms. The molecule has 0 bridgehead atoms. The van der Waals surface area contributed by atoms with Gasteiger partial charge in [0.05, 0.1) is 0 Å². The van der Waals surface area contributed by atoms with Crippen LogP contribution in [0.5, 0.6) is 0 Å². The van der Waals surface area contributed by atoms with Crippen LogP contribution >= 0.6 is 11.3 Å². The van der Waals surface area contributed by atoms with Crippen molar-refractivity contribution in [2.75, 3.05) is 0 Å². The lowest BCUT2D eigenvalue weighted by Gasteiger charge is -2.03. The van der Waals surface area contributed by atoms with Crippen molar-refractivity contribution in [1.29, 1.82) is 0 Å². The lowest BCUT2D eigenvalue weighted by Crippen LogP contribution is -2.20. The molecule has 1 aromatic heterocycles. The Balaban J connectivity index is 2.49. The van der Waals surface area contributed by atoms with Crippen molar-refractivity contribution in [3.05, 3.63) is 21.4 Å². The van der Waals surface area contributed by atoms with E-state index in [1.54, 1.807) is 11.3 Å². The smallest absolute Gasteiger partial charge is 0.240 e. The largest absolute Gasteiger partial charge is 0.273 e. The summed E-state index contributed by atoms with van der Waals surface area (Å²) < 4.78 is 0. The first-order valence-corrected chi connectivity index (χ1v) is 4.91. The molecule has 0 unspecified atom stereocenters. The maximum atomic E-state index is 10.5. The highest BCUT2D eigenvalue weighted by Crippen LogP contribution is 2.21. The molecule has 72 valence electrons. The molecule has 1 N–H and O–H groups in total. The van der Waals surface area contributed by atoms with Crippen LogP contribution < -0.4 is 5.48 Å². The quantitative estimate of drug-likeness (QED) is 0.755. The zero-order chi connectivity index (χ0) is 9.84. The van der Waals surface area contributed by atoms with Gasteiger partial charge in [0.2, 0.25) is 5.91 Å². The van der Waals surface area contributed by atoms with Gasteiger partial charge in [-0.05, 0) is 30.4 Å². The summed E-state index contributed by atoms with van der Waals surface area (Å²) >= 11 is 1.70. The summed E-state index contributed by atoms with van der Waals surface area (Å²) in [5.41, 5.74) is 4.69. The van der Waals surface area contributed by atoms with Crippen LogP contribution in [-0.2, 0) is 16.2 Å². The van der Waals surface area contributed by atoms with Gasteiger partial charge >= 0.3 is 0 Å². The number of hydrogen-bond acceptors (Lipinski definition) is 3. The number of rotatable bonds is 3. The van der Waals surface area contributed by atoms with E-state index in [0.29, 0.717) is 6.61 Å². The van der Waals surface area contributed by atoms with E-state index in [9.17, 15) is 4.79 Å². The van der Waals surface area contributed by atoms with Crippen molar-refractivity contribution in [1.82, 2.24) is 5.48 Å². The molecule has 0 aliphatic rings. The predicted molar refractivity (Wildman–Crippen MR) is 52.4 cm³/mol. The van der Waals surface area contributed by atoms with Crippen LogP contribution in [0, 0.1) is 13.8 Å². The SMILES string of the molecule is CC(=O)NOCc1c(C)csc1C. The highest BCUT2D eigenvalue weighted by atomic mass is 32.1. The Bertz CT molecular complexity index is 287. The first kappa shape index (κ1) is 10.2. The molecule has 0 aliphatic carbocycles. The summed E-state index contributed by atoms with van der Waals surface area (Å²) in [4.78, 5) is 16.8. The topological polar surface area (TPSA) is 38.3 Å². The summed E-state index contributed by atoms with van der Waals surface area (Å²) in [6.45, 7) is 5.95. The third-order valence-electron chi connectivity index (χ3n) is 1.75. The normalized spacial score (nSPS) is 10.1. The van der Waals surface area contributed by atoms with Gasteiger partial charge in [-0.1, -0.05) is 0 Å². The van der Waals surface area contributed by atoms with Gasteiger partial charge in [0, 0.05) is 11.8 Å². The molecule has 1 amide bonds. The Labute approximate surface area is 81.7 Å². The van der Waals surface area contributed by atoms with Crippen molar-refractivity contribution in [3.8, 4) is 0 Å². The van der Waals surface area contributed by atoms with Gasteiger partial charge in [-0.25, -0.2) is 5.48 Å². The van der Waals surface area contributed by atoms with Crippen molar-refractivity contribution in [3.63, 3.8) is 0 Å². The third kappa shape index (κ3) is 2.82. The summed E-state index contributed by atoms with van der Waals surface area (Å²) in [6, 6.07) is 0.